The van der Waals surface area contributed by atoms with E-state index in [4.69, 9.17) is 9.47 Å². The van der Waals surface area contributed by atoms with Crippen molar-refractivity contribution < 1.29 is 23.8 Å². The number of methoxy groups -OCH3 is 1. The first-order valence-electron chi connectivity index (χ1n) is 8.44. The van der Waals surface area contributed by atoms with Gasteiger partial charge in [-0.2, -0.15) is 5.10 Å². The quantitative estimate of drug-likeness (QED) is 0.416. The summed E-state index contributed by atoms with van der Waals surface area (Å²) in [5.74, 6) is 0.653. The summed E-state index contributed by atoms with van der Waals surface area (Å²) in [5.41, 5.74) is 4.14. The van der Waals surface area contributed by atoms with Crippen molar-refractivity contribution >= 4 is 18.1 Å². The summed E-state index contributed by atoms with van der Waals surface area (Å²) in [6, 6.07) is 14.3. The molecule has 0 aromatic heterocycles. The molecular formula is C20H22N2O5. The molecule has 0 atom stereocenters. The average molecular weight is 370 g/mol. The molecule has 2 rings (SSSR count). The maximum absolute atomic E-state index is 11.9. The Morgan fingerprint density at radius 1 is 1.00 bits per heavy atom. The molecule has 2 aromatic rings. The second kappa shape index (κ2) is 10.6. The highest BCUT2D eigenvalue weighted by molar-refractivity contribution is 5.83. The molecule has 0 saturated heterocycles. The van der Waals surface area contributed by atoms with Crippen LogP contribution in [0.5, 0.6) is 11.5 Å². The molecule has 27 heavy (non-hydrogen) atoms. The predicted molar refractivity (Wildman–Crippen MR) is 101 cm³/mol. The maximum Gasteiger partial charge on any atom is 0.343 e. The number of carbonyl (C=O) groups excluding carboxylic acids is 2. The molecule has 1 amide bonds. The Morgan fingerprint density at radius 2 is 1.63 bits per heavy atom. The van der Waals surface area contributed by atoms with Crippen molar-refractivity contribution in [1.82, 2.24) is 5.43 Å². The number of carbonyl (C=O) groups is 2. The number of nitrogens with one attached hydrogen (secondary N) is 1. The minimum absolute atomic E-state index is 0.147. The fraction of sp³-hybridized carbons (Fsp3) is 0.250. The molecular weight excluding hydrogens is 348 g/mol. The average Bonchev–Trinajstić information content (AvgIpc) is 2.69. The van der Waals surface area contributed by atoms with E-state index in [1.807, 2.05) is 31.2 Å². The zero-order valence-corrected chi connectivity index (χ0v) is 15.3. The minimum Gasteiger partial charge on any atom is -0.494 e. The number of benzene rings is 2. The molecule has 0 aliphatic heterocycles. The van der Waals surface area contributed by atoms with Gasteiger partial charge in [-0.3, -0.25) is 4.79 Å². The molecule has 0 aliphatic rings. The van der Waals surface area contributed by atoms with E-state index in [0.29, 0.717) is 12.4 Å². The summed E-state index contributed by atoms with van der Waals surface area (Å²) in [5, 5.41) is 3.94. The maximum atomic E-state index is 11.9. The van der Waals surface area contributed by atoms with E-state index in [1.54, 1.807) is 24.3 Å². The second-order valence-electron chi connectivity index (χ2n) is 5.48. The van der Waals surface area contributed by atoms with Crippen molar-refractivity contribution in [3.8, 4) is 11.5 Å². The molecule has 0 saturated carbocycles. The lowest BCUT2D eigenvalue weighted by atomic mass is 10.1. The standard InChI is InChI=1S/C20H22N2O5/c1-3-26-17-8-4-15(5-9-17)12-19(23)22-21-13-16-6-10-18(11-7-16)27-14-20(24)25-2/h4-11,13H,3,12,14H2,1-2H3,(H,22,23)/b21-13+. The van der Waals surface area contributed by atoms with Crippen LogP contribution in [-0.2, 0) is 20.7 Å². The van der Waals surface area contributed by atoms with Gasteiger partial charge < -0.3 is 14.2 Å². The Bertz CT molecular complexity index is 770. The van der Waals surface area contributed by atoms with Crippen LogP contribution in [0.4, 0.5) is 0 Å². The van der Waals surface area contributed by atoms with Gasteiger partial charge in [0.05, 0.1) is 26.4 Å². The van der Waals surface area contributed by atoms with Crippen LogP contribution in [0, 0.1) is 0 Å². The predicted octanol–water partition coefficient (Wildman–Crippen LogP) is 2.33. The van der Waals surface area contributed by atoms with Gasteiger partial charge in [-0.05, 0) is 54.4 Å². The number of hydrogen-bond donors (Lipinski definition) is 1. The largest absolute Gasteiger partial charge is 0.494 e. The van der Waals surface area contributed by atoms with Gasteiger partial charge in [0.15, 0.2) is 6.61 Å². The van der Waals surface area contributed by atoms with Crippen LogP contribution in [0.1, 0.15) is 18.1 Å². The SMILES string of the molecule is CCOc1ccc(CC(=O)N/N=C/c2ccc(OCC(=O)OC)cc2)cc1. The molecule has 2 aromatic carbocycles. The number of amides is 1. The zero-order chi connectivity index (χ0) is 19.5. The molecule has 0 radical (unpaired) electrons. The van der Waals surface area contributed by atoms with E-state index in [9.17, 15) is 9.59 Å². The summed E-state index contributed by atoms with van der Waals surface area (Å²) in [7, 11) is 1.30. The first-order valence-corrected chi connectivity index (χ1v) is 8.44. The molecule has 7 nitrogen and oxygen atoms in total. The summed E-state index contributed by atoms with van der Waals surface area (Å²) in [6.07, 6.45) is 1.75. The number of hydrazone groups is 1. The molecule has 0 unspecified atom stereocenters. The van der Waals surface area contributed by atoms with Crippen molar-refractivity contribution in [2.45, 2.75) is 13.3 Å². The van der Waals surface area contributed by atoms with E-state index >= 15 is 0 Å². The summed E-state index contributed by atoms with van der Waals surface area (Å²) in [6.45, 7) is 2.38. The van der Waals surface area contributed by atoms with Crippen molar-refractivity contribution in [3.05, 3.63) is 59.7 Å². The van der Waals surface area contributed by atoms with Gasteiger partial charge in [0.1, 0.15) is 11.5 Å². The van der Waals surface area contributed by atoms with E-state index < -0.39 is 5.97 Å². The Balaban J connectivity index is 1.78. The van der Waals surface area contributed by atoms with E-state index in [-0.39, 0.29) is 18.9 Å². The Labute approximate surface area is 157 Å². The molecule has 0 fully saturated rings. The topological polar surface area (TPSA) is 86.2 Å². The molecule has 1 N–H and O–H groups in total. The first kappa shape index (κ1) is 20.0. The van der Waals surface area contributed by atoms with Crippen LogP contribution < -0.4 is 14.9 Å². The first-order chi connectivity index (χ1) is 13.1. The summed E-state index contributed by atoms with van der Waals surface area (Å²) >= 11 is 0. The van der Waals surface area contributed by atoms with Crippen LogP contribution in [0.25, 0.3) is 0 Å². The summed E-state index contributed by atoms with van der Waals surface area (Å²) in [4.78, 5) is 22.9. The van der Waals surface area contributed by atoms with Crippen molar-refractivity contribution in [2.75, 3.05) is 20.3 Å². The highest BCUT2D eigenvalue weighted by Crippen LogP contribution is 2.13. The van der Waals surface area contributed by atoms with Crippen molar-refractivity contribution in [3.63, 3.8) is 0 Å². The van der Waals surface area contributed by atoms with Crippen LogP contribution in [0.2, 0.25) is 0 Å². The van der Waals surface area contributed by atoms with Gasteiger partial charge in [0.25, 0.3) is 0 Å². The molecule has 7 heteroatoms. The smallest absolute Gasteiger partial charge is 0.343 e. The van der Waals surface area contributed by atoms with E-state index in [0.717, 1.165) is 16.9 Å². The van der Waals surface area contributed by atoms with Crippen LogP contribution in [0.3, 0.4) is 0 Å². The van der Waals surface area contributed by atoms with Gasteiger partial charge in [-0.15, -0.1) is 0 Å². The van der Waals surface area contributed by atoms with Crippen LogP contribution in [-0.4, -0.2) is 38.4 Å². The highest BCUT2D eigenvalue weighted by atomic mass is 16.6. The number of nitrogens with zero attached hydrogens (tertiary/aromatic N) is 1. The molecule has 0 heterocycles. The van der Waals surface area contributed by atoms with Gasteiger partial charge in [0, 0.05) is 0 Å². The third-order valence-corrected chi connectivity index (χ3v) is 3.47. The monoisotopic (exact) mass is 370 g/mol. The lowest BCUT2D eigenvalue weighted by molar-refractivity contribution is -0.142. The van der Waals surface area contributed by atoms with Gasteiger partial charge in [0.2, 0.25) is 5.91 Å². The fourth-order valence-electron chi connectivity index (χ4n) is 2.13. The van der Waals surface area contributed by atoms with Crippen molar-refractivity contribution in [1.29, 1.82) is 0 Å². The molecule has 0 bridgehead atoms. The zero-order valence-electron chi connectivity index (χ0n) is 15.3. The van der Waals surface area contributed by atoms with Crippen molar-refractivity contribution in [2.24, 2.45) is 5.10 Å². The lowest BCUT2D eigenvalue weighted by Crippen LogP contribution is -2.19. The molecule has 0 aliphatic carbocycles. The molecule has 142 valence electrons. The minimum atomic E-state index is -0.448. The van der Waals surface area contributed by atoms with E-state index in [2.05, 4.69) is 15.3 Å². The third kappa shape index (κ3) is 7.19. The van der Waals surface area contributed by atoms with Gasteiger partial charge in [-0.25, -0.2) is 10.2 Å². The van der Waals surface area contributed by atoms with Gasteiger partial charge >= 0.3 is 5.97 Å². The van der Waals surface area contributed by atoms with Crippen LogP contribution in [0.15, 0.2) is 53.6 Å². The Hall–Kier alpha value is -3.35. The van der Waals surface area contributed by atoms with Crippen LogP contribution >= 0.6 is 0 Å². The van der Waals surface area contributed by atoms with Gasteiger partial charge in [-0.1, -0.05) is 12.1 Å². The number of rotatable bonds is 9. The lowest BCUT2D eigenvalue weighted by Gasteiger charge is -2.05. The van der Waals surface area contributed by atoms with E-state index in [1.165, 1.54) is 13.3 Å². The molecule has 0 spiro atoms. The number of esters is 1. The normalized spacial score (nSPS) is 10.4. The number of hydrogen-bond acceptors (Lipinski definition) is 6. The highest BCUT2D eigenvalue weighted by Gasteiger charge is 2.03. The third-order valence-electron chi connectivity index (χ3n) is 3.47. The number of ether oxygens (including phenoxy) is 3. The Kier molecular flexibility index (Phi) is 7.84. The second-order valence-corrected chi connectivity index (χ2v) is 5.48. The summed E-state index contributed by atoms with van der Waals surface area (Å²) < 4.78 is 15.1. The Morgan fingerprint density at radius 3 is 2.26 bits per heavy atom. The fourth-order valence-corrected chi connectivity index (χ4v) is 2.13.